The Morgan fingerprint density at radius 1 is 1.46 bits per heavy atom. The number of likely N-dealkylation sites (N-methyl/N-ethyl adjacent to an activating group) is 1. The van der Waals surface area contributed by atoms with Crippen LogP contribution in [0.1, 0.15) is 0 Å². The number of anilines is 1. The predicted molar refractivity (Wildman–Crippen MR) is 79.7 cm³/mol. The van der Waals surface area contributed by atoms with Crippen molar-refractivity contribution in [3.8, 4) is 0 Å². The zero-order chi connectivity index (χ0) is 17.1. The maximum Gasteiger partial charge on any atom is 0.416 e. The molecule has 1 N–H and O–H groups in total. The van der Waals surface area contributed by atoms with Crippen LogP contribution >= 0.6 is 0 Å². The molecule has 1 aromatic rings. The molecule has 4 unspecified atom stereocenters. The Morgan fingerprint density at radius 2 is 2.17 bits per heavy atom. The molecular weight excluding hydrogens is 319 g/mol. The summed E-state index contributed by atoms with van der Waals surface area (Å²) >= 11 is 0. The van der Waals surface area contributed by atoms with Gasteiger partial charge in [0.15, 0.2) is 6.23 Å². The number of amides is 2. The van der Waals surface area contributed by atoms with Crippen molar-refractivity contribution in [2.24, 2.45) is 0 Å². The van der Waals surface area contributed by atoms with Gasteiger partial charge in [0.25, 0.3) is 0 Å². The fourth-order valence-corrected chi connectivity index (χ4v) is 3.18. The number of cyclic esters (lactones) is 1. The Labute approximate surface area is 137 Å². The summed E-state index contributed by atoms with van der Waals surface area (Å²) < 4.78 is 18.9. The van der Waals surface area contributed by atoms with E-state index in [2.05, 4.69) is 0 Å². The number of likely N-dealkylation sites (tertiary alicyclic amines) is 1. The van der Waals surface area contributed by atoms with Crippen LogP contribution in [0.5, 0.6) is 0 Å². The topological polar surface area (TPSA) is 76.3 Å². The Balaban J connectivity index is 1.36. The molecule has 4 rings (SSSR count). The second kappa shape index (κ2) is 5.13. The molecule has 4 atom stereocenters. The molecular formula is C15H17FN4O4. The first kappa shape index (κ1) is 15.3. The third kappa shape index (κ3) is 2.16. The Morgan fingerprint density at radius 3 is 2.75 bits per heavy atom. The SMILES string of the molecule is CN(C(=O)CN1CC2(F)C1N2O)C1CN(c2ccccc2)C(=O)O1. The van der Waals surface area contributed by atoms with Gasteiger partial charge in [-0.25, -0.2) is 9.18 Å². The van der Waals surface area contributed by atoms with Crippen molar-refractivity contribution >= 4 is 17.7 Å². The van der Waals surface area contributed by atoms with Gasteiger partial charge in [-0.15, -0.1) is 5.06 Å². The number of alkyl halides is 1. The van der Waals surface area contributed by atoms with E-state index in [1.807, 2.05) is 18.2 Å². The minimum absolute atomic E-state index is 0.00561. The number of nitrogens with zero attached hydrogens (tertiary/aromatic N) is 4. The molecule has 3 saturated heterocycles. The third-order valence-electron chi connectivity index (χ3n) is 4.74. The van der Waals surface area contributed by atoms with Crippen molar-refractivity contribution in [1.29, 1.82) is 0 Å². The molecule has 0 spiro atoms. The zero-order valence-electron chi connectivity index (χ0n) is 13.0. The highest BCUT2D eigenvalue weighted by molar-refractivity contribution is 5.90. The zero-order valence-corrected chi connectivity index (χ0v) is 13.0. The monoisotopic (exact) mass is 336 g/mol. The lowest BCUT2D eigenvalue weighted by Gasteiger charge is -2.31. The molecule has 2 amide bonds. The Hall–Kier alpha value is -2.23. The standard InChI is InChI=1S/C15H17FN4O4/c1-17(11(21)7-18-9-15(16)13(18)20(15)23)12-8-19(14(22)24-12)10-5-3-2-4-6-10/h2-6,12-13,23H,7-9H2,1H3. The molecule has 3 aliphatic heterocycles. The average Bonchev–Trinajstić information content (AvgIpc) is 2.85. The van der Waals surface area contributed by atoms with Crippen LogP contribution in [0, 0.1) is 0 Å². The molecule has 24 heavy (non-hydrogen) atoms. The number of hydrogen-bond acceptors (Lipinski definition) is 6. The fourth-order valence-electron chi connectivity index (χ4n) is 3.18. The highest BCUT2D eigenvalue weighted by Gasteiger charge is 2.76. The molecule has 0 saturated carbocycles. The molecule has 1 aromatic carbocycles. The molecule has 3 heterocycles. The van der Waals surface area contributed by atoms with Crippen LogP contribution in [0.15, 0.2) is 30.3 Å². The lowest BCUT2D eigenvalue weighted by Crippen LogP contribution is -2.53. The van der Waals surface area contributed by atoms with E-state index in [9.17, 15) is 19.2 Å². The molecule has 0 aliphatic carbocycles. The minimum Gasteiger partial charge on any atom is -0.423 e. The van der Waals surface area contributed by atoms with Gasteiger partial charge in [0, 0.05) is 12.7 Å². The number of benzene rings is 1. The Bertz CT molecular complexity index is 689. The van der Waals surface area contributed by atoms with Crippen molar-refractivity contribution in [2.75, 3.05) is 31.6 Å². The molecule has 9 heteroatoms. The maximum absolute atomic E-state index is 13.6. The molecule has 3 fully saturated rings. The van der Waals surface area contributed by atoms with E-state index < -0.39 is 24.3 Å². The number of hydroxylamine groups is 2. The van der Waals surface area contributed by atoms with Crippen molar-refractivity contribution in [3.63, 3.8) is 0 Å². The number of carbonyl (C=O) groups excluding carboxylic acids is 2. The van der Waals surface area contributed by atoms with Gasteiger partial charge < -0.3 is 14.8 Å². The van der Waals surface area contributed by atoms with E-state index >= 15 is 0 Å². The number of ether oxygens (including phenoxy) is 1. The predicted octanol–water partition coefficient (Wildman–Crippen LogP) is 0.440. The Kier molecular flexibility index (Phi) is 3.27. The first-order valence-electron chi connectivity index (χ1n) is 7.62. The van der Waals surface area contributed by atoms with Gasteiger partial charge in [-0.1, -0.05) is 18.2 Å². The van der Waals surface area contributed by atoms with Gasteiger partial charge in [-0.05, 0) is 12.1 Å². The number of hydrogen-bond donors (Lipinski definition) is 1. The van der Waals surface area contributed by atoms with Gasteiger partial charge in [0.1, 0.15) is 6.17 Å². The van der Waals surface area contributed by atoms with Gasteiger partial charge in [-0.2, -0.15) is 0 Å². The molecule has 8 nitrogen and oxygen atoms in total. The number of halogens is 1. The summed E-state index contributed by atoms with van der Waals surface area (Å²) in [5, 5.41) is 9.87. The van der Waals surface area contributed by atoms with Crippen LogP contribution in [-0.2, 0) is 9.53 Å². The second-order valence-electron chi connectivity index (χ2n) is 6.23. The number of fused-ring (bicyclic) bond motifs is 1. The van der Waals surface area contributed by atoms with E-state index in [1.54, 1.807) is 19.2 Å². The normalized spacial score (nSPS) is 34.4. The molecule has 0 radical (unpaired) electrons. The van der Waals surface area contributed by atoms with Crippen LogP contribution in [0.2, 0.25) is 0 Å². The van der Waals surface area contributed by atoms with Crippen LogP contribution in [0.4, 0.5) is 14.9 Å². The second-order valence-corrected chi connectivity index (χ2v) is 6.23. The average molecular weight is 336 g/mol. The van der Waals surface area contributed by atoms with Gasteiger partial charge >= 0.3 is 6.09 Å². The van der Waals surface area contributed by atoms with Crippen molar-refractivity contribution < 1.29 is 23.9 Å². The van der Waals surface area contributed by atoms with Crippen molar-refractivity contribution in [3.05, 3.63) is 30.3 Å². The summed E-state index contributed by atoms with van der Waals surface area (Å²) in [5.74, 6) is -1.99. The van der Waals surface area contributed by atoms with Crippen LogP contribution < -0.4 is 4.90 Å². The van der Waals surface area contributed by atoms with Gasteiger partial charge in [0.05, 0.1) is 19.6 Å². The summed E-state index contributed by atoms with van der Waals surface area (Å²) in [4.78, 5) is 28.6. The lowest BCUT2D eigenvalue weighted by molar-refractivity contribution is -0.140. The van der Waals surface area contributed by atoms with E-state index in [0.717, 1.165) is 0 Å². The number of rotatable bonds is 4. The molecule has 3 aliphatic rings. The summed E-state index contributed by atoms with van der Waals surface area (Å²) in [6.07, 6.45) is -1.95. The summed E-state index contributed by atoms with van der Waals surface area (Å²) in [7, 11) is 1.54. The smallest absolute Gasteiger partial charge is 0.416 e. The molecule has 128 valence electrons. The minimum atomic E-state index is -1.69. The number of carbonyl (C=O) groups is 2. The molecule has 0 bridgehead atoms. The summed E-state index contributed by atoms with van der Waals surface area (Å²) in [5.41, 5.74) is 0.699. The summed E-state index contributed by atoms with van der Waals surface area (Å²) in [6.45, 7) is 0.186. The first-order valence-corrected chi connectivity index (χ1v) is 7.62. The van der Waals surface area contributed by atoms with E-state index in [1.165, 1.54) is 14.7 Å². The highest BCUT2D eigenvalue weighted by atomic mass is 19.2. The maximum atomic E-state index is 13.6. The van der Waals surface area contributed by atoms with Crippen LogP contribution in [0.25, 0.3) is 0 Å². The number of para-hydroxylation sites is 1. The third-order valence-corrected chi connectivity index (χ3v) is 4.74. The quantitative estimate of drug-likeness (QED) is 0.635. The first-order chi connectivity index (χ1) is 11.4. The van der Waals surface area contributed by atoms with E-state index in [4.69, 9.17) is 4.74 Å². The lowest BCUT2D eigenvalue weighted by atomic mass is 10.2. The van der Waals surface area contributed by atoms with Gasteiger partial charge in [0.2, 0.25) is 11.7 Å². The van der Waals surface area contributed by atoms with Crippen LogP contribution in [-0.4, -0.2) is 76.9 Å². The largest absolute Gasteiger partial charge is 0.423 e. The van der Waals surface area contributed by atoms with E-state index in [-0.39, 0.29) is 25.5 Å². The molecule has 0 aromatic heterocycles. The van der Waals surface area contributed by atoms with Crippen LogP contribution in [0.3, 0.4) is 0 Å². The fraction of sp³-hybridized carbons (Fsp3) is 0.467. The van der Waals surface area contributed by atoms with E-state index in [0.29, 0.717) is 10.8 Å². The summed E-state index contributed by atoms with van der Waals surface area (Å²) in [6, 6.07) is 9.05. The van der Waals surface area contributed by atoms with Gasteiger partial charge in [-0.3, -0.25) is 14.6 Å². The highest BCUT2D eigenvalue weighted by Crippen LogP contribution is 2.51. The van der Waals surface area contributed by atoms with Crippen molar-refractivity contribution in [2.45, 2.75) is 18.2 Å². The van der Waals surface area contributed by atoms with Crippen molar-refractivity contribution in [1.82, 2.24) is 14.9 Å².